The number of anilines is 1. The number of halogens is 2. The van der Waals surface area contributed by atoms with Crippen molar-refractivity contribution in [1.29, 1.82) is 0 Å². The molecule has 0 unspecified atom stereocenters. The molecule has 0 amide bonds. The Kier molecular flexibility index (Phi) is 5.24. The molecule has 1 fully saturated rings. The van der Waals surface area contributed by atoms with E-state index in [1.165, 1.54) is 22.4 Å². The number of allylic oxidation sites excluding steroid dienone is 1. The number of rotatable bonds is 2. The lowest BCUT2D eigenvalue weighted by atomic mass is 9.59. The zero-order chi connectivity index (χ0) is 19.0. The van der Waals surface area contributed by atoms with Gasteiger partial charge in [-0.2, -0.15) is 0 Å². The molecule has 2 N–H and O–H groups in total. The van der Waals surface area contributed by atoms with Crippen LogP contribution in [0.4, 0.5) is 5.69 Å². The third kappa shape index (κ3) is 3.18. The topological polar surface area (TPSA) is 24.1 Å². The molecule has 2 aromatic carbocycles. The Hall–Kier alpha value is -1.48. The summed E-state index contributed by atoms with van der Waals surface area (Å²) in [6, 6.07) is 14.8. The van der Waals surface area contributed by atoms with Gasteiger partial charge in [0.1, 0.15) is 0 Å². The zero-order valence-corrected chi connectivity index (χ0v) is 17.4. The lowest BCUT2D eigenvalue weighted by molar-refractivity contribution is 0.284. The van der Waals surface area contributed by atoms with E-state index < -0.39 is 0 Å². The summed E-state index contributed by atoms with van der Waals surface area (Å²) in [7, 11) is 0. The summed E-state index contributed by atoms with van der Waals surface area (Å²) in [5, 5.41) is 8.96. The van der Waals surface area contributed by atoms with Crippen LogP contribution < -0.4 is 10.6 Å². The Balaban J connectivity index is 1.95. The highest BCUT2D eigenvalue weighted by atomic mass is 35.5. The van der Waals surface area contributed by atoms with Crippen molar-refractivity contribution in [2.75, 3.05) is 25.0 Å². The number of nitrogens with one attached hydrogen (secondary N) is 2. The van der Waals surface area contributed by atoms with Crippen LogP contribution in [0.25, 0.3) is 0 Å². The van der Waals surface area contributed by atoms with Gasteiger partial charge in [0.25, 0.3) is 0 Å². The van der Waals surface area contributed by atoms with Gasteiger partial charge in [0, 0.05) is 40.2 Å². The first-order valence-electron chi connectivity index (χ1n) is 9.69. The molecule has 2 aliphatic rings. The predicted octanol–water partition coefficient (Wildman–Crippen LogP) is 6.02. The van der Waals surface area contributed by atoms with Crippen molar-refractivity contribution in [3.05, 3.63) is 75.3 Å². The molecule has 27 heavy (non-hydrogen) atoms. The number of benzene rings is 2. The fourth-order valence-electron chi connectivity index (χ4n) is 5.16. The van der Waals surface area contributed by atoms with Crippen molar-refractivity contribution in [1.82, 2.24) is 5.32 Å². The van der Waals surface area contributed by atoms with Gasteiger partial charge in [0.2, 0.25) is 0 Å². The van der Waals surface area contributed by atoms with Crippen LogP contribution >= 0.6 is 23.2 Å². The van der Waals surface area contributed by atoms with Crippen molar-refractivity contribution >= 4 is 28.9 Å². The third-order valence-corrected chi connectivity index (χ3v) is 6.98. The molecule has 142 valence electrons. The number of hydrogen-bond acceptors (Lipinski definition) is 2. The van der Waals surface area contributed by atoms with Gasteiger partial charge in [-0.1, -0.05) is 53.1 Å². The van der Waals surface area contributed by atoms with Crippen LogP contribution in [0.5, 0.6) is 0 Å². The highest BCUT2D eigenvalue weighted by Gasteiger charge is 2.52. The van der Waals surface area contributed by atoms with Crippen molar-refractivity contribution < 1.29 is 0 Å². The van der Waals surface area contributed by atoms with Crippen LogP contribution in [0.3, 0.4) is 0 Å². The molecule has 4 heteroatoms. The van der Waals surface area contributed by atoms with E-state index in [1.54, 1.807) is 0 Å². The van der Waals surface area contributed by atoms with Gasteiger partial charge < -0.3 is 10.6 Å². The largest absolute Gasteiger partial charge is 0.384 e. The van der Waals surface area contributed by atoms with Gasteiger partial charge in [0.05, 0.1) is 0 Å². The van der Waals surface area contributed by atoms with Crippen LogP contribution in [0, 0.1) is 5.92 Å². The SMILES string of the molecule is C/C=C(\C)[C@H]1CNCC[C@@H](c2cccc(Cl)c2)[C@]12CNc1cc(Cl)ccc12. The quantitative estimate of drug-likeness (QED) is 0.602. The molecule has 0 aromatic heterocycles. The summed E-state index contributed by atoms with van der Waals surface area (Å²) in [4.78, 5) is 0. The second-order valence-electron chi connectivity index (χ2n) is 7.77. The lowest BCUT2D eigenvalue weighted by Crippen LogP contribution is -2.45. The lowest BCUT2D eigenvalue weighted by Gasteiger charge is -2.43. The molecule has 0 radical (unpaired) electrons. The van der Waals surface area contributed by atoms with Crippen molar-refractivity contribution in [2.45, 2.75) is 31.6 Å². The Morgan fingerprint density at radius 2 is 1.96 bits per heavy atom. The van der Waals surface area contributed by atoms with Gasteiger partial charge in [0.15, 0.2) is 0 Å². The molecule has 3 atom stereocenters. The molecule has 2 heterocycles. The molecule has 1 saturated heterocycles. The van der Waals surface area contributed by atoms with Gasteiger partial charge in [-0.3, -0.25) is 0 Å². The van der Waals surface area contributed by atoms with E-state index in [2.05, 4.69) is 60.9 Å². The van der Waals surface area contributed by atoms with E-state index in [-0.39, 0.29) is 5.41 Å². The summed E-state index contributed by atoms with van der Waals surface area (Å²) in [6.45, 7) is 7.32. The first-order valence-corrected chi connectivity index (χ1v) is 10.4. The van der Waals surface area contributed by atoms with Gasteiger partial charge >= 0.3 is 0 Å². The van der Waals surface area contributed by atoms with E-state index in [0.29, 0.717) is 11.8 Å². The van der Waals surface area contributed by atoms with Crippen molar-refractivity contribution in [3.63, 3.8) is 0 Å². The monoisotopic (exact) mass is 400 g/mol. The van der Waals surface area contributed by atoms with Crippen LogP contribution in [-0.4, -0.2) is 19.6 Å². The van der Waals surface area contributed by atoms with Crippen molar-refractivity contribution in [3.8, 4) is 0 Å². The standard InChI is InChI=1S/C23H26Cl2N2/c1-3-15(2)21-13-26-10-9-19(16-5-4-6-17(24)11-16)23(21)14-27-22-12-18(25)7-8-20(22)23/h3-8,11-12,19,21,26-27H,9-10,13-14H2,1-2H3/b15-3+/t19-,21+,23-/m0/s1. The molecule has 0 saturated carbocycles. The molecule has 2 nitrogen and oxygen atoms in total. The van der Waals surface area contributed by atoms with Gasteiger partial charge in [-0.15, -0.1) is 0 Å². The minimum atomic E-state index is -0.0231. The number of fused-ring (bicyclic) bond motifs is 2. The van der Waals surface area contributed by atoms with Crippen LogP contribution in [0.15, 0.2) is 54.1 Å². The van der Waals surface area contributed by atoms with E-state index in [4.69, 9.17) is 23.2 Å². The Bertz CT molecular complexity index is 876. The van der Waals surface area contributed by atoms with E-state index in [1.807, 2.05) is 12.1 Å². The normalized spacial score (nSPS) is 27.9. The van der Waals surface area contributed by atoms with E-state index in [9.17, 15) is 0 Å². The molecular weight excluding hydrogens is 375 g/mol. The summed E-state index contributed by atoms with van der Waals surface area (Å²) >= 11 is 12.7. The third-order valence-electron chi connectivity index (χ3n) is 6.51. The maximum Gasteiger partial charge on any atom is 0.0426 e. The second kappa shape index (κ2) is 7.50. The molecule has 2 aromatic rings. The van der Waals surface area contributed by atoms with Crippen LogP contribution in [0.1, 0.15) is 37.3 Å². The minimum Gasteiger partial charge on any atom is -0.384 e. The highest BCUT2D eigenvalue weighted by Crippen LogP contribution is 2.55. The Morgan fingerprint density at radius 3 is 2.74 bits per heavy atom. The van der Waals surface area contributed by atoms with Gasteiger partial charge in [-0.25, -0.2) is 0 Å². The summed E-state index contributed by atoms with van der Waals surface area (Å²) in [6.07, 6.45) is 3.35. The molecule has 4 rings (SSSR count). The molecule has 0 aliphatic carbocycles. The Labute approximate surface area is 172 Å². The first-order chi connectivity index (χ1) is 13.1. The first kappa shape index (κ1) is 18.9. The minimum absolute atomic E-state index is 0.0231. The molecule has 1 spiro atoms. The highest BCUT2D eigenvalue weighted by molar-refractivity contribution is 6.31. The second-order valence-corrected chi connectivity index (χ2v) is 8.64. The van der Waals surface area contributed by atoms with Gasteiger partial charge in [-0.05, 0) is 68.1 Å². The Morgan fingerprint density at radius 1 is 1.15 bits per heavy atom. The fraction of sp³-hybridized carbons (Fsp3) is 0.391. The fourth-order valence-corrected chi connectivity index (χ4v) is 5.53. The van der Waals surface area contributed by atoms with E-state index in [0.717, 1.165) is 36.1 Å². The molecular formula is C23H26Cl2N2. The van der Waals surface area contributed by atoms with Crippen LogP contribution in [0.2, 0.25) is 10.0 Å². The molecule has 2 aliphatic heterocycles. The maximum atomic E-state index is 6.39. The predicted molar refractivity (Wildman–Crippen MR) is 116 cm³/mol. The maximum absolute atomic E-state index is 6.39. The summed E-state index contributed by atoms with van der Waals surface area (Å²) in [5.41, 5.74) is 5.29. The smallest absolute Gasteiger partial charge is 0.0426 e. The summed E-state index contributed by atoms with van der Waals surface area (Å²) in [5.74, 6) is 0.782. The van der Waals surface area contributed by atoms with Crippen molar-refractivity contribution in [2.24, 2.45) is 5.92 Å². The average molecular weight is 401 g/mol. The van der Waals surface area contributed by atoms with E-state index >= 15 is 0 Å². The zero-order valence-electron chi connectivity index (χ0n) is 15.9. The summed E-state index contributed by atoms with van der Waals surface area (Å²) < 4.78 is 0. The molecule has 0 bridgehead atoms. The average Bonchev–Trinajstić information content (AvgIpc) is 2.91. The van der Waals surface area contributed by atoms with Crippen LogP contribution in [-0.2, 0) is 5.41 Å². The number of hydrogen-bond donors (Lipinski definition) is 2.